The van der Waals surface area contributed by atoms with Crippen molar-refractivity contribution >= 4 is 0 Å². The van der Waals surface area contributed by atoms with Crippen molar-refractivity contribution in [3.8, 4) is 0 Å². The molecule has 3 rings (SSSR count). The highest BCUT2D eigenvalue weighted by molar-refractivity contribution is 5.26. The summed E-state index contributed by atoms with van der Waals surface area (Å²) < 4.78 is 2.42. The molecular formula is C17H29N3. The van der Waals surface area contributed by atoms with Crippen molar-refractivity contribution in [2.45, 2.75) is 89.8 Å². The minimum absolute atomic E-state index is 0.545. The van der Waals surface area contributed by atoms with E-state index >= 15 is 0 Å². The number of hydrogen-bond donors (Lipinski definition) is 1. The van der Waals surface area contributed by atoms with Crippen LogP contribution in [-0.2, 0) is 6.54 Å². The monoisotopic (exact) mass is 275 g/mol. The van der Waals surface area contributed by atoms with Crippen LogP contribution in [0.25, 0.3) is 0 Å². The predicted molar refractivity (Wildman–Crippen MR) is 82.9 cm³/mol. The van der Waals surface area contributed by atoms with Crippen LogP contribution in [0.2, 0.25) is 0 Å². The largest absolute Gasteiger partial charge is 0.310 e. The molecule has 3 nitrogen and oxygen atoms in total. The van der Waals surface area contributed by atoms with Crippen LogP contribution in [0.4, 0.5) is 0 Å². The Morgan fingerprint density at radius 2 is 1.85 bits per heavy atom. The molecule has 1 aromatic rings. The fourth-order valence-corrected chi connectivity index (χ4v) is 3.46. The molecule has 1 aromatic heterocycles. The van der Waals surface area contributed by atoms with Crippen LogP contribution >= 0.6 is 0 Å². The van der Waals surface area contributed by atoms with Crippen molar-refractivity contribution in [1.82, 2.24) is 15.1 Å². The van der Waals surface area contributed by atoms with Crippen molar-refractivity contribution in [2.75, 3.05) is 0 Å². The van der Waals surface area contributed by atoms with Gasteiger partial charge in [0.2, 0.25) is 0 Å². The molecule has 2 fully saturated rings. The second-order valence-corrected chi connectivity index (χ2v) is 6.95. The molecule has 2 saturated carbocycles. The highest BCUT2D eigenvalue weighted by atomic mass is 15.3. The van der Waals surface area contributed by atoms with E-state index in [0.29, 0.717) is 12.1 Å². The molecule has 0 saturated heterocycles. The first-order chi connectivity index (χ1) is 9.75. The number of nitrogens with one attached hydrogen (secondary N) is 1. The second-order valence-electron chi connectivity index (χ2n) is 6.95. The van der Waals surface area contributed by atoms with E-state index in [1.807, 2.05) is 0 Å². The van der Waals surface area contributed by atoms with Crippen LogP contribution < -0.4 is 5.32 Å². The standard InChI is InChI=1S/C17H29N3/c1-13(2)18-11-15-12-19-20(17(15)14-9-10-14)16-7-5-3-4-6-8-16/h12-14,16,18H,3-11H2,1-2H3. The normalized spacial score (nSPS) is 21.4. The molecule has 2 aliphatic rings. The molecule has 0 unspecified atom stereocenters. The van der Waals surface area contributed by atoms with Crippen LogP contribution in [0.5, 0.6) is 0 Å². The number of aromatic nitrogens is 2. The Morgan fingerprint density at radius 1 is 1.15 bits per heavy atom. The molecule has 112 valence electrons. The molecule has 0 spiro atoms. The van der Waals surface area contributed by atoms with Gasteiger partial charge < -0.3 is 5.32 Å². The predicted octanol–water partition coefficient (Wildman–Crippen LogP) is 4.15. The zero-order valence-corrected chi connectivity index (χ0v) is 13.1. The molecule has 1 N–H and O–H groups in total. The third-order valence-electron chi connectivity index (χ3n) is 4.75. The van der Waals surface area contributed by atoms with Gasteiger partial charge >= 0.3 is 0 Å². The topological polar surface area (TPSA) is 29.9 Å². The van der Waals surface area contributed by atoms with E-state index in [0.717, 1.165) is 12.5 Å². The van der Waals surface area contributed by atoms with Crippen molar-refractivity contribution in [3.63, 3.8) is 0 Å². The summed E-state index contributed by atoms with van der Waals surface area (Å²) in [5.41, 5.74) is 3.01. The van der Waals surface area contributed by atoms with Crippen LogP contribution in [0.1, 0.15) is 88.4 Å². The minimum atomic E-state index is 0.545. The Kier molecular flexibility index (Phi) is 4.45. The summed E-state index contributed by atoms with van der Waals surface area (Å²) in [6.07, 6.45) is 13.1. The van der Waals surface area contributed by atoms with E-state index in [4.69, 9.17) is 5.10 Å². The van der Waals surface area contributed by atoms with Crippen molar-refractivity contribution in [1.29, 1.82) is 0 Å². The van der Waals surface area contributed by atoms with Crippen LogP contribution in [0, 0.1) is 0 Å². The van der Waals surface area contributed by atoms with E-state index in [2.05, 4.69) is 30.0 Å². The Bertz CT molecular complexity index is 423. The lowest BCUT2D eigenvalue weighted by Gasteiger charge is -2.19. The quantitative estimate of drug-likeness (QED) is 0.818. The summed E-state index contributed by atoms with van der Waals surface area (Å²) >= 11 is 0. The Hall–Kier alpha value is -0.830. The van der Waals surface area contributed by atoms with Gasteiger partial charge in [0, 0.05) is 29.8 Å². The fraction of sp³-hybridized carbons (Fsp3) is 0.824. The first-order valence-corrected chi connectivity index (χ1v) is 8.55. The molecule has 20 heavy (non-hydrogen) atoms. The number of hydrogen-bond acceptors (Lipinski definition) is 2. The third kappa shape index (κ3) is 3.25. The zero-order chi connectivity index (χ0) is 13.9. The van der Waals surface area contributed by atoms with Gasteiger partial charge in [-0.15, -0.1) is 0 Å². The Labute approximate surface area is 123 Å². The molecule has 0 amide bonds. The molecule has 0 aromatic carbocycles. The minimum Gasteiger partial charge on any atom is -0.310 e. The Balaban J connectivity index is 1.79. The summed E-state index contributed by atoms with van der Waals surface area (Å²) in [6.45, 7) is 5.41. The molecule has 0 bridgehead atoms. The lowest BCUT2D eigenvalue weighted by atomic mass is 10.1. The second kappa shape index (κ2) is 6.30. The van der Waals surface area contributed by atoms with Crippen LogP contribution in [0.15, 0.2) is 6.20 Å². The van der Waals surface area contributed by atoms with Gasteiger partial charge in [-0.25, -0.2) is 0 Å². The van der Waals surface area contributed by atoms with Crippen molar-refractivity contribution in [2.24, 2.45) is 0 Å². The van der Waals surface area contributed by atoms with E-state index in [9.17, 15) is 0 Å². The Morgan fingerprint density at radius 3 is 2.45 bits per heavy atom. The molecule has 2 aliphatic carbocycles. The fourth-order valence-electron chi connectivity index (χ4n) is 3.46. The lowest BCUT2D eigenvalue weighted by molar-refractivity contribution is 0.392. The summed E-state index contributed by atoms with van der Waals surface area (Å²) in [4.78, 5) is 0. The van der Waals surface area contributed by atoms with Gasteiger partial charge in [-0.05, 0) is 25.7 Å². The van der Waals surface area contributed by atoms with Crippen molar-refractivity contribution in [3.05, 3.63) is 17.5 Å². The third-order valence-corrected chi connectivity index (χ3v) is 4.75. The lowest BCUT2D eigenvalue weighted by Crippen LogP contribution is -2.22. The highest BCUT2D eigenvalue weighted by Crippen LogP contribution is 2.43. The average molecular weight is 275 g/mol. The van der Waals surface area contributed by atoms with Gasteiger partial charge in [0.1, 0.15) is 0 Å². The summed E-state index contributed by atoms with van der Waals surface area (Å²) in [5.74, 6) is 0.796. The van der Waals surface area contributed by atoms with E-state index in [1.165, 1.54) is 56.9 Å². The summed E-state index contributed by atoms with van der Waals surface area (Å²) in [5, 5.41) is 8.36. The number of rotatable bonds is 5. The first-order valence-electron chi connectivity index (χ1n) is 8.55. The molecule has 1 heterocycles. The van der Waals surface area contributed by atoms with Gasteiger partial charge in [-0.2, -0.15) is 5.10 Å². The molecule has 0 radical (unpaired) electrons. The average Bonchev–Trinajstić information content (AvgIpc) is 3.22. The highest BCUT2D eigenvalue weighted by Gasteiger charge is 2.32. The van der Waals surface area contributed by atoms with E-state index < -0.39 is 0 Å². The number of nitrogens with zero attached hydrogens (tertiary/aromatic N) is 2. The molecular weight excluding hydrogens is 246 g/mol. The van der Waals surface area contributed by atoms with E-state index in [-0.39, 0.29) is 0 Å². The smallest absolute Gasteiger partial charge is 0.0537 e. The van der Waals surface area contributed by atoms with Gasteiger partial charge in [-0.3, -0.25) is 4.68 Å². The van der Waals surface area contributed by atoms with Crippen LogP contribution in [0.3, 0.4) is 0 Å². The van der Waals surface area contributed by atoms with Gasteiger partial charge in [0.15, 0.2) is 0 Å². The molecule has 3 heteroatoms. The summed E-state index contributed by atoms with van der Waals surface area (Å²) in [7, 11) is 0. The maximum atomic E-state index is 4.80. The molecule has 0 aliphatic heterocycles. The van der Waals surface area contributed by atoms with Crippen molar-refractivity contribution < 1.29 is 0 Å². The van der Waals surface area contributed by atoms with Crippen LogP contribution in [-0.4, -0.2) is 15.8 Å². The maximum absolute atomic E-state index is 4.80. The SMILES string of the molecule is CC(C)NCc1cnn(C2CCCCCC2)c1C1CC1. The van der Waals surface area contributed by atoms with Gasteiger partial charge in [-0.1, -0.05) is 39.5 Å². The first kappa shape index (κ1) is 14.1. The van der Waals surface area contributed by atoms with E-state index in [1.54, 1.807) is 5.69 Å². The van der Waals surface area contributed by atoms with Gasteiger partial charge in [0.25, 0.3) is 0 Å². The molecule has 0 atom stereocenters. The van der Waals surface area contributed by atoms with Gasteiger partial charge in [0.05, 0.1) is 12.2 Å². The summed E-state index contributed by atoms with van der Waals surface area (Å²) in [6, 6.07) is 1.21. The maximum Gasteiger partial charge on any atom is 0.0537 e. The zero-order valence-electron chi connectivity index (χ0n) is 13.1.